The minimum Gasteiger partial charge on any atom is -0.368 e. The van der Waals surface area contributed by atoms with E-state index in [1.165, 1.54) is 11.0 Å². The SMILES string of the molecule is C/C(=C\C(=O)N1C[C@H](F)C[C@H]1C(N)=O)c1ccccc1Cl. The monoisotopic (exact) mass is 310 g/mol. The van der Waals surface area contributed by atoms with Gasteiger partial charge in [-0.15, -0.1) is 0 Å². The Hall–Kier alpha value is -1.88. The molecule has 0 spiro atoms. The number of primary amides is 1. The molecule has 1 fully saturated rings. The summed E-state index contributed by atoms with van der Waals surface area (Å²) in [5.41, 5.74) is 6.58. The summed E-state index contributed by atoms with van der Waals surface area (Å²) in [6.07, 6.45) is 0.0929. The molecule has 2 N–H and O–H groups in total. The van der Waals surface area contributed by atoms with Gasteiger partial charge in [0.05, 0.1) is 6.54 Å². The molecular weight excluding hydrogens is 295 g/mol. The number of alkyl halides is 1. The topological polar surface area (TPSA) is 63.4 Å². The van der Waals surface area contributed by atoms with Gasteiger partial charge >= 0.3 is 0 Å². The first-order chi connectivity index (χ1) is 9.90. The number of allylic oxidation sites excluding steroid dienone is 1. The first kappa shape index (κ1) is 15.5. The van der Waals surface area contributed by atoms with Crippen molar-refractivity contribution in [2.24, 2.45) is 5.73 Å². The van der Waals surface area contributed by atoms with Gasteiger partial charge in [-0.1, -0.05) is 29.8 Å². The lowest BCUT2D eigenvalue weighted by Crippen LogP contribution is -2.43. The summed E-state index contributed by atoms with van der Waals surface area (Å²) in [5.74, 6) is -1.12. The molecule has 0 saturated carbocycles. The summed E-state index contributed by atoms with van der Waals surface area (Å²) in [5, 5.41) is 0.523. The predicted octanol–water partition coefficient (Wildman–Crippen LogP) is 2.17. The van der Waals surface area contributed by atoms with E-state index in [2.05, 4.69) is 0 Å². The molecule has 1 saturated heterocycles. The van der Waals surface area contributed by atoms with Crippen LogP contribution in [-0.4, -0.2) is 35.5 Å². The highest BCUT2D eigenvalue weighted by atomic mass is 35.5. The lowest BCUT2D eigenvalue weighted by Gasteiger charge is -2.20. The fourth-order valence-corrected chi connectivity index (χ4v) is 2.71. The van der Waals surface area contributed by atoms with Crippen molar-refractivity contribution in [2.45, 2.75) is 25.6 Å². The Labute approximate surface area is 127 Å². The number of amides is 2. The zero-order chi connectivity index (χ0) is 15.6. The predicted molar refractivity (Wildman–Crippen MR) is 79.3 cm³/mol. The Morgan fingerprint density at radius 1 is 1.43 bits per heavy atom. The first-order valence-electron chi connectivity index (χ1n) is 6.57. The number of hydrogen-bond donors (Lipinski definition) is 1. The fourth-order valence-electron chi connectivity index (χ4n) is 2.42. The lowest BCUT2D eigenvalue weighted by atomic mass is 10.1. The van der Waals surface area contributed by atoms with Crippen LogP contribution in [0.1, 0.15) is 18.9 Å². The molecule has 0 radical (unpaired) electrons. The zero-order valence-electron chi connectivity index (χ0n) is 11.6. The zero-order valence-corrected chi connectivity index (χ0v) is 12.3. The number of likely N-dealkylation sites (tertiary alicyclic amines) is 1. The molecule has 1 aromatic rings. The molecule has 6 heteroatoms. The van der Waals surface area contributed by atoms with E-state index in [4.69, 9.17) is 17.3 Å². The molecular formula is C15H16ClFN2O2. The molecule has 1 heterocycles. The van der Waals surface area contributed by atoms with Crippen LogP contribution in [0.5, 0.6) is 0 Å². The molecule has 1 aromatic carbocycles. The number of rotatable bonds is 3. The maximum absolute atomic E-state index is 13.4. The van der Waals surface area contributed by atoms with E-state index >= 15 is 0 Å². The van der Waals surface area contributed by atoms with E-state index in [0.717, 1.165) is 5.56 Å². The van der Waals surface area contributed by atoms with Gasteiger partial charge in [0.2, 0.25) is 11.8 Å². The highest BCUT2D eigenvalue weighted by Gasteiger charge is 2.38. The number of carbonyl (C=O) groups is 2. The molecule has 0 aromatic heterocycles. The van der Waals surface area contributed by atoms with E-state index in [1.54, 1.807) is 25.1 Å². The Morgan fingerprint density at radius 3 is 2.71 bits per heavy atom. The third-order valence-electron chi connectivity index (χ3n) is 3.50. The van der Waals surface area contributed by atoms with Crippen LogP contribution in [0, 0.1) is 0 Å². The normalized spacial score (nSPS) is 22.4. The maximum Gasteiger partial charge on any atom is 0.247 e. The Bertz CT molecular complexity index is 603. The molecule has 2 amide bonds. The Balaban J connectivity index is 2.22. The molecule has 4 nitrogen and oxygen atoms in total. The number of nitrogens with two attached hydrogens (primary N) is 1. The maximum atomic E-state index is 13.4. The molecule has 0 unspecified atom stereocenters. The van der Waals surface area contributed by atoms with Crippen LogP contribution >= 0.6 is 11.6 Å². The quantitative estimate of drug-likeness (QED) is 0.870. The van der Waals surface area contributed by atoms with Gasteiger partial charge in [-0.3, -0.25) is 9.59 Å². The number of nitrogens with zero attached hydrogens (tertiary/aromatic N) is 1. The summed E-state index contributed by atoms with van der Waals surface area (Å²) in [6.45, 7) is 1.63. The van der Waals surface area contributed by atoms with Gasteiger partial charge in [0.1, 0.15) is 12.2 Å². The van der Waals surface area contributed by atoms with E-state index in [-0.39, 0.29) is 13.0 Å². The molecule has 112 valence electrons. The second kappa shape index (κ2) is 6.26. The van der Waals surface area contributed by atoms with Crippen LogP contribution in [-0.2, 0) is 9.59 Å². The number of hydrogen-bond acceptors (Lipinski definition) is 2. The average molecular weight is 311 g/mol. The minimum absolute atomic E-state index is 0.0416. The van der Waals surface area contributed by atoms with Gasteiger partial charge < -0.3 is 10.6 Å². The second-order valence-corrected chi connectivity index (χ2v) is 5.46. The molecule has 0 aliphatic carbocycles. The van der Waals surface area contributed by atoms with Crippen molar-refractivity contribution < 1.29 is 14.0 Å². The Kier molecular flexibility index (Phi) is 4.63. The van der Waals surface area contributed by atoms with Crippen LogP contribution in [0.4, 0.5) is 4.39 Å². The smallest absolute Gasteiger partial charge is 0.247 e. The van der Waals surface area contributed by atoms with E-state index in [0.29, 0.717) is 10.6 Å². The van der Waals surface area contributed by atoms with Crippen LogP contribution in [0.15, 0.2) is 30.3 Å². The van der Waals surface area contributed by atoms with Crippen LogP contribution in [0.2, 0.25) is 5.02 Å². The second-order valence-electron chi connectivity index (χ2n) is 5.05. The average Bonchev–Trinajstić information content (AvgIpc) is 2.81. The standard InChI is InChI=1S/C15H16ClFN2O2/c1-9(11-4-2-3-5-12(11)16)6-14(20)19-8-10(17)7-13(19)15(18)21/h2-6,10,13H,7-8H2,1H3,(H2,18,21)/b9-6+/t10-,13+/m1/s1. The van der Waals surface area contributed by atoms with Crippen molar-refractivity contribution in [3.05, 3.63) is 40.9 Å². The lowest BCUT2D eigenvalue weighted by molar-refractivity contribution is -0.133. The third kappa shape index (κ3) is 3.42. The largest absolute Gasteiger partial charge is 0.368 e. The van der Waals surface area contributed by atoms with Crippen LogP contribution in [0.3, 0.4) is 0 Å². The van der Waals surface area contributed by atoms with Crippen LogP contribution < -0.4 is 5.73 Å². The molecule has 2 atom stereocenters. The fraction of sp³-hybridized carbons (Fsp3) is 0.333. The summed E-state index contributed by atoms with van der Waals surface area (Å²) >= 11 is 6.06. The van der Waals surface area contributed by atoms with Crippen molar-refractivity contribution in [1.82, 2.24) is 4.90 Å². The van der Waals surface area contributed by atoms with Gasteiger partial charge in [-0.2, -0.15) is 0 Å². The molecule has 1 aliphatic rings. The van der Waals surface area contributed by atoms with Crippen molar-refractivity contribution in [2.75, 3.05) is 6.54 Å². The van der Waals surface area contributed by atoms with Crippen molar-refractivity contribution in [3.63, 3.8) is 0 Å². The van der Waals surface area contributed by atoms with E-state index in [1.807, 2.05) is 6.07 Å². The molecule has 2 rings (SSSR count). The highest BCUT2D eigenvalue weighted by molar-refractivity contribution is 6.32. The van der Waals surface area contributed by atoms with Crippen molar-refractivity contribution in [3.8, 4) is 0 Å². The van der Waals surface area contributed by atoms with Gasteiger partial charge in [0.15, 0.2) is 0 Å². The number of carbonyl (C=O) groups excluding carboxylic acids is 2. The van der Waals surface area contributed by atoms with Gasteiger partial charge in [-0.05, 0) is 24.1 Å². The highest BCUT2D eigenvalue weighted by Crippen LogP contribution is 2.25. The van der Waals surface area contributed by atoms with Gasteiger partial charge in [0.25, 0.3) is 0 Å². The molecule has 0 bridgehead atoms. The summed E-state index contributed by atoms with van der Waals surface area (Å²) < 4.78 is 13.4. The minimum atomic E-state index is -1.22. The summed E-state index contributed by atoms with van der Waals surface area (Å²) in [6, 6.07) is 6.22. The summed E-state index contributed by atoms with van der Waals surface area (Å²) in [7, 11) is 0. The molecule has 1 aliphatic heterocycles. The number of benzene rings is 1. The van der Waals surface area contributed by atoms with E-state index in [9.17, 15) is 14.0 Å². The van der Waals surface area contributed by atoms with E-state index < -0.39 is 24.0 Å². The number of halogens is 2. The van der Waals surface area contributed by atoms with Crippen molar-refractivity contribution >= 4 is 29.0 Å². The van der Waals surface area contributed by atoms with Gasteiger partial charge in [-0.25, -0.2) is 4.39 Å². The Morgan fingerprint density at radius 2 is 2.10 bits per heavy atom. The first-order valence-corrected chi connectivity index (χ1v) is 6.95. The van der Waals surface area contributed by atoms with Crippen LogP contribution in [0.25, 0.3) is 5.57 Å². The summed E-state index contributed by atoms with van der Waals surface area (Å²) in [4.78, 5) is 24.7. The molecule has 21 heavy (non-hydrogen) atoms. The van der Waals surface area contributed by atoms with Gasteiger partial charge in [0, 0.05) is 17.5 Å². The third-order valence-corrected chi connectivity index (χ3v) is 3.83. The van der Waals surface area contributed by atoms with Crippen molar-refractivity contribution in [1.29, 1.82) is 0 Å².